The van der Waals surface area contributed by atoms with Gasteiger partial charge >= 0.3 is 0 Å². The molecule has 2 aromatic rings. The quantitative estimate of drug-likeness (QED) is 0.871. The van der Waals surface area contributed by atoms with Crippen LogP contribution in [0.25, 0.3) is 0 Å². The molecule has 7 heteroatoms. The van der Waals surface area contributed by atoms with Crippen LogP contribution in [0.4, 0.5) is 5.69 Å². The van der Waals surface area contributed by atoms with Crippen LogP contribution in [0.3, 0.4) is 0 Å². The minimum absolute atomic E-state index is 0.0626. The van der Waals surface area contributed by atoms with Crippen LogP contribution in [-0.4, -0.2) is 49.9 Å². The van der Waals surface area contributed by atoms with Crippen molar-refractivity contribution in [3.8, 4) is 0 Å². The summed E-state index contributed by atoms with van der Waals surface area (Å²) in [4.78, 5) is 28.7. The van der Waals surface area contributed by atoms with Gasteiger partial charge in [0, 0.05) is 33.2 Å². The zero-order valence-electron chi connectivity index (χ0n) is 13.3. The van der Waals surface area contributed by atoms with Crippen LogP contribution in [0.5, 0.6) is 0 Å². The molecule has 0 aliphatic carbocycles. The Hall–Kier alpha value is -2.12. The van der Waals surface area contributed by atoms with E-state index in [1.54, 1.807) is 42.3 Å². The second-order valence-corrected chi connectivity index (χ2v) is 6.31. The maximum atomic E-state index is 12.8. The third-order valence-electron chi connectivity index (χ3n) is 3.99. The zero-order valence-corrected chi connectivity index (χ0v) is 14.9. The lowest BCUT2D eigenvalue weighted by Crippen LogP contribution is -2.46. The van der Waals surface area contributed by atoms with Gasteiger partial charge in [-0.2, -0.15) is 0 Å². The molecule has 3 rings (SSSR count). The van der Waals surface area contributed by atoms with Gasteiger partial charge in [-0.05, 0) is 40.2 Å². The summed E-state index contributed by atoms with van der Waals surface area (Å²) in [5.74, 6) is -0.151. The number of nitrogens with one attached hydrogen (secondary N) is 1. The zero-order chi connectivity index (χ0) is 17.1. The van der Waals surface area contributed by atoms with E-state index in [-0.39, 0.29) is 17.6 Å². The first-order valence-corrected chi connectivity index (χ1v) is 8.49. The maximum Gasteiger partial charge on any atom is 0.293 e. The molecule has 1 N–H and O–H groups in total. The van der Waals surface area contributed by atoms with E-state index in [9.17, 15) is 9.59 Å². The van der Waals surface area contributed by atoms with E-state index < -0.39 is 0 Å². The number of piperazine rings is 1. The minimum Gasteiger partial charge on any atom is -0.444 e. The number of para-hydroxylation sites is 1. The van der Waals surface area contributed by atoms with Gasteiger partial charge in [0.1, 0.15) is 0 Å². The van der Waals surface area contributed by atoms with Crippen molar-refractivity contribution in [1.29, 1.82) is 0 Å². The summed E-state index contributed by atoms with van der Waals surface area (Å²) in [5.41, 5.74) is 1.08. The lowest BCUT2D eigenvalue weighted by molar-refractivity contribution is 0.0736. The molecular formula is C17H18BrN3O3. The third kappa shape index (κ3) is 3.37. The number of hydrogen-bond donors (Lipinski definition) is 1. The van der Waals surface area contributed by atoms with Crippen LogP contribution in [0.1, 0.15) is 20.9 Å². The van der Waals surface area contributed by atoms with Crippen molar-refractivity contribution in [1.82, 2.24) is 10.2 Å². The highest BCUT2D eigenvalue weighted by Gasteiger charge is 2.25. The molecule has 2 amide bonds. The SMILES string of the molecule is CN(C(=O)c1ccc(Br)o1)c1ccccc1C(=O)N1CCNCC1. The lowest BCUT2D eigenvalue weighted by Gasteiger charge is -2.29. The summed E-state index contributed by atoms with van der Waals surface area (Å²) in [6.07, 6.45) is 0. The molecule has 0 atom stereocenters. The van der Waals surface area contributed by atoms with Gasteiger partial charge in [0.25, 0.3) is 11.8 Å². The van der Waals surface area contributed by atoms with Crippen LogP contribution in [0.2, 0.25) is 0 Å². The molecule has 1 saturated heterocycles. The largest absolute Gasteiger partial charge is 0.444 e. The highest BCUT2D eigenvalue weighted by atomic mass is 79.9. The first-order chi connectivity index (χ1) is 11.6. The molecule has 0 bridgehead atoms. The maximum absolute atomic E-state index is 12.8. The summed E-state index contributed by atoms with van der Waals surface area (Å²) < 4.78 is 5.82. The molecule has 1 aromatic carbocycles. The number of hydrogen-bond acceptors (Lipinski definition) is 4. The van der Waals surface area contributed by atoms with Crippen molar-refractivity contribution in [2.45, 2.75) is 0 Å². The molecule has 0 spiro atoms. The van der Waals surface area contributed by atoms with Crippen molar-refractivity contribution in [3.05, 3.63) is 52.4 Å². The Morgan fingerprint density at radius 2 is 1.88 bits per heavy atom. The molecule has 126 valence electrons. The molecule has 1 fully saturated rings. The second-order valence-electron chi connectivity index (χ2n) is 5.53. The van der Waals surface area contributed by atoms with Gasteiger partial charge < -0.3 is 19.5 Å². The topological polar surface area (TPSA) is 65.8 Å². The van der Waals surface area contributed by atoms with Gasteiger partial charge in [-0.1, -0.05) is 12.1 Å². The number of carbonyl (C=O) groups is 2. The molecular weight excluding hydrogens is 374 g/mol. The lowest BCUT2D eigenvalue weighted by atomic mass is 10.1. The van der Waals surface area contributed by atoms with E-state index in [1.165, 1.54) is 4.90 Å². The molecule has 6 nitrogen and oxygen atoms in total. The average molecular weight is 392 g/mol. The van der Waals surface area contributed by atoms with E-state index in [1.807, 2.05) is 6.07 Å². The van der Waals surface area contributed by atoms with Crippen LogP contribution in [0.15, 0.2) is 45.5 Å². The first kappa shape index (κ1) is 16.7. The van der Waals surface area contributed by atoms with E-state index in [0.717, 1.165) is 13.1 Å². The summed E-state index contributed by atoms with van der Waals surface area (Å²) in [7, 11) is 1.64. The van der Waals surface area contributed by atoms with Crippen LogP contribution >= 0.6 is 15.9 Å². The average Bonchev–Trinajstić information content (AvgIpc) is 3.07. The fraction of sp³-hybridized carbons (Fsp3) is 0.294. The van der Waals surface area contributed by atoms with E-state index in [0.29, 0.717) is 29.0 Å². The Balaban J connectivity index is 1.88. The first-order valence-electron chi connectivity index (χ1n) is 7.70. The standard InChI is InChI=1S/C17H18BrN3O3/c1-20(17(23)14-6-7-15(18)24-14)13-5-3-2-4-12(13)16(22)21-10-8-19-9-11-21/h2-7,19H,8-11H2,1H3. The van der Waals surface area contributed by atoms with Gasteiger partial charge in [-0.15, -0.1) is 0 Å². The molecule has 0 saturated carbocycles. The molecule has 1 aromatic heterocycles. The fourth-order valence-corrected chi connectivity index (χ4v) is 3.00. The Morgan fingerprint density at radius 3 is 2.54 bits per heavy atom. The fourth-order valence-electron chi connectivity index (χ4n) is 2.69. The van der Waals surface area contributed by atoms with Crippen molar-refractivity contribution < 1.29 is 14.0 Å². The molecule has 1 aliphatic rings. The molecule has 1 aliphatic heterocycles. The van der Waals surface area contributed by atoms with Crippen molar-refractivity contribution >= 4 is 33.4 Å². The molecule has 2 heterocycles. The van der Waals surface area contributed by atoms with Gasteiger partial charge in [-0.25, -0.2) is 0 Å². The van der Waals surface area contributed by atoms with E-state index >= 15 is 0 Å². The van der Waals surface area contributed by atoms with Gasteiger partial charge in [-0.3, -0.25) is 9.59 Å². The smallest absolute Gasteiger partial charge is 0.293 e. The molecule has 0 unspecified atom stereocenters. The van der Waals surface area contributed by atoms with Crippen LogP contribution in [-0.2, 0) is 0 Å². The van der Waals surface area contributed by atoms with E-state index in [2.05, 4.69) is 21.2 Å². The predicted octanol–water partition coefficient (Wildman–Crippen LogP) is 2.36. The Morgan fingerprint density at radius 1 is 1.17 bits per heavy atom. The normalized spacial score (nSPS) is 14.5. The Kier molecular flexibility index (Phi) is 5.01. The second kappa shape index (κ2) is 7.19. The van der Waals surface area contributed by atoms with E-state index in [4.69, 9.17) is 4.42 Å². The van der Waals surface area contributed by atoms with Crippen molar-refractivity contribution in [2.75, 3.05) is 38.1 Å². The van der Waals surface area contributed by atoms with Gasteiger partial charge in [0.05, 0.1) is 11.3 Å². The van der Waals surface area contributed by atoms with Crippen molar-refractivity contribution in [2.24, 2.45) is 0 Å². The Labute approximate surface area is 148 Å². The number of amides is 2. The summed E-state index contributed by atoms with van der Waals surface area (Å²) >= 11 is 3.19. The van der Waals surface area contributed by atoms with Crippen molar-refractivity contribution in [3.63, 3.8) is 0 Å². The number of benzene rings is 1. The van der Waals surface area contributed by atoms with Gasteiger partial charge in [0.15, 0.2) is 10.4 Å². The number of furan rings is 1. The van der Waals surface area contributed by atoms with Crippen LogP contribution in [0, 0.1) is 0 Å². The number of rotatable bonds is 3. The number of carbonyl (C=O) groups excluding carboxylic acids is 2. The third-order valence-corrected chi connectivity index (χ3v) is 4.41. The van der Waals surface area contributed by atoms with Crippen LogP contribution < -0.4 is 10.2 Å². The number of nitrogens with zero attached hydrogens (tertiary/aromatic N) is 2. The minimum atomic E-state index is -0.304. The summed E-state index contributed by atoms with van der Waals surface area (Å²) in [6, 6.07) is 10.4. The molecule has 0 radical (unpaired) electrons. The Bertz CT molecular complexity index is 753. The highest BCUT2D eigenvalue weighted by Crippen LogP contribution is 2.24. The summed E-state index contributed by atoms with van der Waals surface area (Å²) in [5, 5.41) is 3.23. The monoisotopic (exact) mass is 391 g/mol. The molecule has 24 heavy (non-hydrogen) atoms. The summed E-state index contributed by atoms with van der Waals surface area (Å²) in [6.45, 7) is 2.89. The van der Waals surface area contributed by atoms with Gasteiger partial charge in [0.2, 0.25) is 0 Å². The number of anilines is 1. The predicted molar refractivity (Wildman–Crippen MR) is 94.4 cm³/mol. The number of halogens is 1. The highest BCUT2D eigenvalue weighted by molar-refractivity contribution is 9.10.